The molecular formula is C3H9KO2. The minimum absolute atomic E-state index is 0. The Bertz CT molecular complexity index is 22.8. The molecule has 0 amide bonds. The van der Waals surface area contributed by atoms with Gasteiger partial charge in [-0.3, -0.25) is 0 Å². The molecule has 0 aliphatic carbocycles. The molecule has 0 aromatic carbocycles. The molecule has 2 nitrogen and oxygen atoms in total. The van der Waals surface area contributed by atoms with Crippen molar-refractivity contribution in [2.24, 2.45) is 0 Å². The molecule has 0 unspecified atom stereocenters. The number of aliphatic hydroxyl groups excluding tert-OH is 1. The van der Waals surface area contributed by atoms with Crippen LogP contribution in [-0.2, 0) is 0 Å². The van der Waals surface area contributed by atoms with Crippen LogP contribution in [0.2, 0.25) is 0 Å². The third-order valence-electron chi connectivity index (χ3n) is 0.365. The van der Waals surface area contributed by atoms with Crippen LogP contribution in [0, 0.1) is 0 Å². The Morgan fingerprint density at radius 2 is 1.67 bits per heavy atom. The first kappa shape index (κ1) is 10.5. The van der Waals surface area contributed by atoms with Crippen molar-refractivity contribution in [2.75, 3.05) is 0 Å². The molecule has 0 bridgehead atoms. The molecule has 0 radical (unpaired) electrons. The van der Waals surface area contributed by atoms with E-state index in [1.165, 1.54) is 0 Å². The Kier molecular flexibility index (Phi) is 11.5. The van der Waals surface area contributed by atoms with Crippen molar-refractivity contribution in [3.05, 3.63) is 0 Å². The maximum absolute atomic E-state index is 7.92. The van der Waals surface area contributed by atoms with Gasteiger partial charge in [0, 0.05) is 0 Å². The first-order valence-electron chi connectivity index (χ1n) is 1.63. The molecule has 0 spiro atoms. The van der Waals surface area contributed by atoms with Crippen LogP contribution in [0.1, 0.15) is 13.3 Å². The molecule has 0 saturated heterocycles. The molecule has 0 aliphatic heterocycles. The van der Waals surface area contributed by atoms with Gasteiger partial charge in [-0.15, -0.1) is 0 Å². The predicted octanol–water partition coefficient (Wildman–Crippen LogP) is -0.941. The number of rotatable bonds is 1. The van der Waals surface area contributed by atoms with Gasteiger partial charge < -0.3 is 10.2 Å². The molecule has 0 atom stereocenters. The zero-order chi connectivity index (χ0) is 4.28. The molecule has 34 valence electrons. The van der Waals surface area contributed by atoms with Gasteiger partial charge in [-0.2, -0.15) is 0 Å². The second kappa shape index (κ2) is 6.56. The van der Waals surface area contributed by atoms with E-state index < -0.39 is 6.29 Å². The van der Waals surface area contributed by atoms with Crippen LogP contribution in [0.15, 0.2) is 0 Å². The van der Waals surface area contributed by atoms with Crippen molar-refractivity contribution >= 4 is 51.4 Å². The SMILES string of the molecule is CCC(O)O.[KH]. The summed E-state index contributed by atoms with van der Waals surface area (Å²) in [5.74, 6) is 0. The van der Waals surface area contributed by atoms with E-state index >= 15 is 0 Å². The fourth-order valence-corrected chi connectivity index (χ4v) is 0. The molecule has 2 N–H and O–H groups in total. The summed E-state index contributed by atoms with van der Waals surface area (Å²) in [7, 11) is 0. The number of aliphatic hydroxyl groups is 2. The van der Waals surface area contributed by atoms with E-state index in [0.29, 0.717) is 6.42 Å². The Labute approximate surface area is 80.0 Å². The van der Waals surface area contributed by atoms with Crippen LogP contribution in [0.25, 0.3) is 0 Å². The molecule has 0 fully saturated rings. The van der Waals surface area contributed by atoms with Crippen molar-refractivity contribution in [3.63, 3.8) is 0 Å². The van der Waals surface area contributed by atoms with Crippen LogP contribution in [-0.4, -0.2) is 67.9 Å². The molecule has 0 heterocycles. The first-order chi connectivity index (χ1) is 2.27. The number of hydrogen-bond acceptors (Lipinski definition) is 2. The summed E-state index contributed by atoms with van der Waals surface area (Å²) < 4.78 is 0. The summed E-state index contributed by atoms with van der Waals surface area (Å²) >= 11 is 0. The van der Waals surface area contributed by atoms with Gasteiger partial charge in [-0.05, 0) is 6.42 Å². The van der Waals surface area contributed by atoms with Gasteiger partial charge >= 0.3 is 51.4 Å². The summed E-state index contributed by atoms with van der Waals surface area (Å²) in [6, 6.07) is 0. The van der Waals surface area contributed by atoms with Crippen LogP contribution in [0.5, 0.6) is 0 Å². The Balaban J connectivity index is 0. The summed E-state index contributed by atoms with van der Waals surface area (Å²) in [4.78, 5) is 0. The third-order valence-corrected chi connectivity index (χ3v) is 0.365. The van der Waals surface area contributed by atoms with E-state index in [2.05, 4.69) is 0 Å². The molecule has 0 saturated carbocycles. The first-order valence-corrected chi connectivity index (χ1v) is 1.63. The van der Waals surface area contributed by atoms with Gasteiger partial charge in [0.15, 0.2) is 6.29 Å². The van der Waals surface area contributed by atoms with Crippen LogP contribution in [0.3, 0.4) is 0 Å². The van der Waals surface area contributed by atoms with E-state index in [0.717, 1.165) is 0 Å². The van der Waals surface area contributed by atoms with Gasteiger partial charge in [0.05, 0.1) is 0 Å². The van der Waals surface area contributed by atoms with E-state index in [1.807, 2.05) is 0 Å². The molecule has 3 heteroatoms. The van der Waals surface area contributed by atoms with Crippen LogP contribution < -0.4 is 0 Å². The normalized spacial score (nSPS) is 8.00. The zero-order valence-electron chi connectivity index (χ0n) is 3.18. The fourth-order valence-electron chi connectivity index (χ4n) is 0. The fraction of sp³-hybridized carbons (Fsp3) is 1.00. The summed E-state index contributed by atoms with van der Waals surface area (Å²) in [6.07, 6.45) is -0.699. The third kappa shape index (κ3) is 9.12. The van der Waals surface area contributed by atoms with Crippen molar-refractivity contribution in [3.8, 4) is 0 Å². The Hall–Kier alpha value is 1.56. The minimum atomic E-state index is -1.12. The van der Waals surface area contributed by atoms with Gasteiger partial charge in [0.2, 0.25) is 0 Å². The van der Waals surface area contributed by atoms with Crippen LogP contribution in [0.4, 0.5) is 0 Å². The standard InChI is InChI=1S/C3H8O2.K.H/c1-2-3(4)5;;/h3-5H,2H2,1H3;;. The zero-order valence-corrected chi connectivity index (χ0v) is 3.18. The molecule has 0 rings (SSSR count). The van der Waals surface area contributed by atoms with E-state index in [4.69, 9.17) is 10.2 Å². The van der Waals surface area contributed by atoms with E-state index in [-0.39, 0.29) is 51.4 Å². The summed E-state index contributed by atoms with van der Waals surface area (Å²) in [5, 5.41) is 15.8. The van der Waals surface area contributed by atoms with Gasteiger partial charge in [-0.25, -0.2) is 0 Å². The second-order valence-corrected chi connectivity index (χ2v) is 0.889. The Morgan fingerprint density at radius 1 is 1.50 bits per heavy atom. The number of hydrogen-bond donors (Lipinski definition) is 2. The molecule has 6 heavy (non-hydrogen) atoms. The van der Waals surface area contributed by atoms with Crippen LogP contribution >= 0.6 is 0 Å². The summed E-state index contributed by atoms with van der Waals surface area (Å²) in [5.41, 5.74) is 0. The second-order valence-electron chi connectivity index (χ2n) is 0.889. The van der Waals surface area contributed by atoms with Gasteiger partial charge in [0.25, 0.3) is 0 Å². The molecule has 0 aromatic heterocycles. The van der Waals surface area contributed by atoms with Crippen molar-refractivity contribution in [1.29, 1.82) is 0 Å². The maximum atomic E-state index is 7.92. The van der Waals surface area contributed by atoms with Crippen molar-refractivity contribution in [2.45, 2.75) is 19.6 Å². The molecule has 0 aromatic rings. The van der Waals surface area contributed by atoms with E-state index in [9.17, 15) is 0 Å². The summed E-state index contributed by atoms with van der Waals surface area (Å²) in [6.45, 7) is 1.70. The quantitative estimate of drug-likeness (QED) is 0.343. The Morgan fingerprint density at radius 3 is 1.67 bits per heavy atom. The predicted molar refractivity (Wildman–Crippen MR) is 25.7 cm³/mol. The topological polar surface area (TPSA) is 40.5 Å². The average molecular weight is 116 g/mol. The van der Waals surface area contributed by atoms with Gasteiger partial charge in [-0.1, -0.05) is 6.92 Å². The monoisotopic (exact) mass is 116 g/mol. The molecular weight excluding hydrogens is 107 g/mol. The van der Waals surface area contributed by atoms with E-state index in [1.54, 1.807) is 6.92 Å². The van der Waals surface area contributed by atoms with Crippen molar-refractivity contribution < 1.29 is 10.2 Å². The molecule has 0 aliphatic rings. The van der Waals surface area contributed by atoms with Gasteiger partial charge in [0.1, 0.15) is 0 Å². The average Bonchev–Trinajstić information content (AvgIpc) is 1.38. The van der Waals surface area contributed by atoms with Crippen molar-refractivity contribution in [1.82, 2.24) is 0 Å².